The minimum absolute atomic E-state index is 0.178. The van der Waals surface area contributed by atoms with Gasteiger partial charge in [0.05, 0.1) is 5.69 Å². The lowest BCUT2D eigenvalue weighted by molar-refractivity contribution is 0.219. The molecule has 194 valence electrons. The number of hydrogen-bond acceptors (Lipinski definition) is 4. The smallest absolute Gasteiger partial charge is 0.357 e. The van der Waals surface area contributed by atoms with Crippen LogP contribution in [0.25, 0.3) is 0 Å². The van der Waals surface area contributed by atoms with Crippen molar-refractivity contribution in [2.24, 2.45) is 0 Å². The van der Waals surface area contributed by atoms with Crippen LogP contribution in [0.4, 0.5) is 20.2 Å². The Morgan fingerprint density at radius 2 is 1.44 bits per heavy atom. The molecule has 6 nitrogen and oxygen atoms in total. The molecule has 3 aromatic carbocycles. The van der Waals surface area contributed by atoms with Crippen LogP contribution in [0.2, 0.25) is 0 Å². The third-order valence-electron chi connectivity index (χ3n) is 6.17. The molecular weight excluding hydrogens is 484 g/mol. The van der Waals surface area contributed by atoms with Crippen LogP contribution in [0.3, 0.4) is 0 Å². The summed E-state index contributed by atoms with van der Waals surface area (Å²) in [6.45, 7) is 6.53. The van der Waals surface area contributed by atoms with Gasteiger partial charge in [-0.25, -0.2) is 8.78 Å². The molecule has 0 amide bonds. The zero-order valence-electron chi connectivity index (χ0n) is 20.4. The van der Waals surface area contributed by atoms with Gasteiger partial charge in [-0.05, 0) is 67.8 Å². The first-order valence-electron chi connectivity index (χ1n) is 12.0. The molecule has 2 aliphatic rings. The van der Waals surface area contributed by atoms with Gasteiger partial charge in [0, 0.05) is 31.4 Å². The quantitative estimate of drug-likeness (QED) is 0.454. The van der Waals surface area contributed by atoms with Crippen LogP contribution < -0.4 is 9.62 Å². The Morgan fingerprint density at radius 3 is 1.89 bits per heavy atom. The summed E-state index contributed by atoms with van der Waals surface area (Å²) in [5.74, 6) is -0.356. The molecule has 0 bridgehead atoms. The molecule has 36 heavy (non-hydrogen) atoms. The van der Waals surface area contributed by atoms with Crippen LogP contribution in [0.15, 0.2) is 78.9 Å². The Balaban J connectivity index is 0.000000209. The van der Waals surface area contributed by atoms with Gasteiger partial charge >= 0.3 is 10.3 Å². The summed E-state index contributed by atoms with van der Waals surface area (Å²) < 4.78 is 56.8. The summed E-state index contributed by atoms with van der Waals surface area (Å²) in [6.07, 6.45) is 3.28. The van der Waals surface area contributed by atoms with Gasteiger partial charge in [-0.15, -0.1) is 0 Å². The second-order valence-corrected chi connectivity index (χ2v) is 9.77. The summed E-state index contributed by atoms with van der Waals surface area (Å²) >= 11 is 0. The van der Waals surface area contributed by atoms with Crippen LogP contribution >= 0.6 is 0 Å². The molecule has 0 unspecified atom stereocenters. The number of nitrogens with one attached hydrogen (secondary N) is 1. The van der Waals surface area contributed by atoms with Gasteiger partial charge in [0.2, 0.25) is 0 Å². The third kappa shape index (κ3) is 8.89. The zero-order valence-corrected chi connectivity index (χ0v) is 21.2. The van der Waals surface area contributed by atoms with E-state index in [1.807, 2.05) is 12.1 Å². The average Bonchev–Trinajstić information content (AvgIpc) is 3.28. The number of nitrogens with zero attached hydrogens (tertiary/aromatic N) is 2. The molecule has 0 spiro atoms. The van der Waals surface area contributed by atoms with E-state index >= 15 is 0 Å². The largest absolute Gasteiger partial charge is 0.368 e. The molecule has 0 aliphatic carbocycles. The van der Waals surface area contributed by atoms with E-state index in [1.54, 1.807) is 42.5 Å². The van der Waals surface area contributed by atoms with E-state index in [1.165, 1.54) is 29.8 Å². The number of hydrogen-bond donors (Lipinski definition) is 2. The number of likely N-dealkylation sites (tertiary alicyclic amines) is 1. The highest BCUT2D eigenvalue weighted by atomic mass is 32.2. The molecule has 1 fully saturated rings. The molecule has 2 aliphatic heterocycles. The lowest BCUT2D eigenvalue weighted by Crippen LogP contribution is -2.44. The number of halogens is 2. The highest BCUT2D eigenvalue weighted by molar-refractivity contribution is 7.87. The fraction of sp³-hybridized carbons (Fsp3) is 0.333. The maximum Gasteiger partial charge on any atom is 0.357 e. The zero-order chi connectivity index (χ0) is 26.0. The Bertz CT molecular complexity index is 1140. The van der Waals surface area contributed by atoms with Crippen molar-refractivity contribution in [1.29, 1.82) is 0 Å². The minimum atomic E-state index is -4.22. The molecule has 9 heteroatoms. The van der Waals surface area contributed by atoms with E-state index < -0.39 is 10.3 Å². The monoisotopic (exact) mass is 517 g/mol. The number of anilines is 2. The van der Waals surface area contributed by atoms with Crippen LogP contribution in [-0.4, -0.2) is 50.1 Å². The van der Waals surface area contributed by atoms with E-state index in [2.05, 4.69) is 21.4 Å². The van der Waals surface area contributed by atoms with Gasteiger partial charge in [0.1, 0.15) is 11.6 Å². The molecule has 1 saturated heterocycles. The van der Waals surface area contributed by atoms with Gasteiger partial charge < -0.3 is 9.80 Å². The lowest BCUT2D eigenvalue weighted by atomic mass is 10.0. The summed E-state index contributed by atoms with van der Waals surface area (Å²) in [6, 6.07) is 21.9. The molecule has 2 N–H and O–H groups in total. The van der Waals surface area contributed by atoms with Crippen molar-refractivity contribution < 1.29 is 21.8 Å². The summed E-state index contributed by atoms with van der Waals surface area (Å²) in [5.41, 5.74) is 2.77. The Kier molecular flexibility index (Phi) is 10.2. The molecule has 5 rings (SSSR count). The van der Waals surface area contributed by atoms with E-state index in [9.17, 15) is 17.2 Å². The highest BCUT2D eigenvalue weighted by Gasteiger charge is 2.29. The molecule has 0 saturated carbocycles. The van der Waals surface area contributed by atoms with Crippen LogP contribution in [-0.2, 0) is 16.7 Å². The number of fused-ring (bicyclic) bond motifs is 1. The van der Waals surface area contributed by atoms with Crippen LogP contribution in [0.1, 0.15) is 25.3 Å². The van der Waals surface area contributed by atoms with Crippen molar-refractivity contribution >= 4 is 21.7 Å². The van der Waals surface area contributed by atoms with Crippen molar-refractivity contribution in [2.45, 2.75) is 32.2 Å². The fourth-order valence-electron chi connectivity index (χ4n) is 4.37. The van der Waals surface area contributed by atoms with Crippen LogP contribution in [0, 0.1) is 11.6 Å². The summed E-state index contributed by atoms with van der Waals surface area (Å²) in [5, 5.41) is 0. The van der Waals surface area contributed by atoms with Gasteiger partial charge in [-0.3, -0.25) is 9.27 Å². The maximum atomic E-state index is 11.9. The lowest BCUT2D eigenvalue weighted by Gasteiger charge is -2.37. The Hall–Kier alpha value is -3.01. The minimum Gasteiger partial charge on any atom is -0.368 e. The number of rotatable bonds is 4. The molecular formula is C27H33F2N3O3S. The van der Waals surface area contributed by atoms with Crippen molar-refractivity contribution in [3.05, 3.63) is 96.1 Å². The van der Waals surface area contributed by atoms with E-state index in [-0.39, 0.29) is 11.6 Å². The molecule has 2 heterocycles. The van der Waals surface area contributed by atoms with Gasteiger partial charge in [-0.2, -0.15) is 8.42 Å². The highest BCUT2D eigenvalue weighted by Crippen LogP contribution is 2.34. The maximum absolute atomic E-state index is 11.9. The van der Waals surface area contributed by atoms with Crippen molar-refractivity contribution in [2.75, 3.05) is 35.8 Å². The second kappa shape index (κ2) is 13.3. The first-order valence-corrected chi connectivity index (χ1v) is 13.5. The SMILES string of the molecule is CCN1CCC(N2CCc3ccc(NS(=O)(=O)O)cc32)CC1.Fc1ccccc1.Fc1ccccc1. The third-order valence-corrected chi connectivity index (χ3v) is 6.67. The van der Waals surface area contributed by atoms with Crippen molar-refractivity contribution in [1.82, 2.24) is 4.90 Å². The predicted octanol–water partition coefficient (Wildman–Crippen LogP) is 5.40. The molecule has 3 aromatic rings. The van der Waals surface area contributed by atoms with Gasteiger partial charge in [-0.1, -0.05) is 49.4 Å². The molecule has 0 radical (unpaired) electrons. The average molecular weight is 518 g/mol. The van der Waals surface area contributed by atoms with E-state index in [0.29, 0.717) is 11.7 Å². The first kappa shape index (κ1) is 27.6. The molecule has 0 aromatic heterocycles. The molecule has 0 atom stereocenters. The Morgan fingerprint density at radius 1 is 0.889 bits per heavy atom. The summed E-state index contributed by atoms with van der Waals surface area (Å²) in [7, 11) is -4.22. The predicted molar refractivity (Wildman–Crippen MR) is 141 cm³/mol. The topological polar surface area (TPSA) is 72.9 Å². The summed E-state index contributed by atoms with van der Waals surface area (Å²) in [4.78, 5) is 4.86. The fourth-order valence-corrected chi connectivity index (χ4v) is 4.80. The standard InChI is InChI=1S/C15H23N3O3S.2C6H5F/c1-2-17-8-6-14(7-9-17)18-10-5-12-3-4-13(11-15(12)18)16-22(19,20)21;2*7-6-4-2-1-3-5-6/h3-4,11,14,16H,2,5-10H2,1H3,(H,19,20,21);2*1-5H. The second-order valence-electron chi connectivity index (χ2n) is 8.62. The van der Waals surface area contributed by atoms with Crippen molar-refractivity contribution in [3.8, 4) is 0 Å². The number of piperidine rings is 1. The normalized spacial score (nSPS) is 15.7. The van der Waals surface area contributed by atoms with Gasteiger partial charge in [0.25, 0.3) is 0 Å². The van der Waals surface area contributed by atoms with Crippen molar-refractivity contribution in [3.63, 3.8) is 0 Å². The number of benzene rings is 3. The van der Waals surface area contributed by atoms with E-state index in [4.69, 9.17) is 4.55 Å². The van der Waals surface area contributed by atoms with E-state index in [0.717, 1.165) is 51.1 Å². The first-order chi connectivity index (χ1) is 17.2. The van der Waals surface area contributed by atoms with Gasteiger partial charge in [0.15, 0.2) is 0 Å². The Labute approximate surface area is 212 Å². The van der Waals surface area contributed by atoms with Crippen LogP contribution in [0.5, 0.6) is 0 Å².